The Hall–Kier alpha value is -2.19. The van der Waals surface area contributed by atoms with Crippen molar-refractivity contribution in [2.45, 2.75) is 11.5 Å². The van der Waals surface area contributed by atoms with Crippen LogP contribution in [0.15, 0.2) is 41.4 Å². The third kappa shape index (κ3) is 3.43. The SMILES string of the molecule is COCc1ccnc(NS(=O)(=O)c2ccc(N)cc2)n1. The van der Waals surface area contributed by atoms with E-state index in [1.807, 2.05) is 0 Å². The lowest BCUT2D eigenvalue weighted by Gasteiger charge is -2.07. The molecule has 0 radical (unpaired) electrons. The van der Waals surface area contributed by atoms with Crippen molar-refractivity contribution in [3.05, 3.63) is 42.2 Å². The Morgan fingerprint density at radius 1 is 1.25 bits per heavy atom. The molecule has 0 saturated heterocycles. The molecule has 106 valence electrons. The lowest BCUT2D eigenvalue weighted by molar-refractivity contribution is 0.181. The minimum atomic E-state index is -3.73. The van der Waals surface area contributed by atoms with Crippen molar-refractivity contribution in [2.75, 3.05) is 17.6 Å². The normalized spacial score (nSPS) is 11.2. The molecular weight excluding hydrogens is 280 g/mol. The summed E-state index contributed by atoms with van der Waals surface area (Å²) >= 11 is 0. The minimum absolute atomic E-state index is 0.00336. The van der Waals surface area contributed by atoms with E-state index >= 15 is 0 Å². The van der Waals surface area contributed by atoms with Crippen LogP contribution >= 0.6 is 0 Å². The smallest absolute Gasteiger partial charge is 0.264 e. The summed E-state index contributed by atoms with van der Waals surface area (Å²) in [6, 6.07) is 7.49. The van der Waals surface area contributed by atoms with E-state index in [9.17, 15) is 8.42 Å². The molecule has 1 heterocycles. The molecular formula is C12H14N4O3S. The molecule has 1 aromatic carbocycles. The van der Waals surface area contributed by atoms with Crippen molar-refractivity contribution in [1.82, 2.24) is 9.97 Å². The molecule has 1 aromatic heterocycles. The maximum atomic E-state index is 12.1. The van der Waals surface area contributed by atoms with Crippen LogP contribution in [0.1, 0.15) is 5.69 Å². The second kappa shape index (κ2) is 5.85. The van der Waals surface area contributed by atoms with Gasteiger partial charge in [-0.2, -0.15) is 0 Å². The zero-order chi connectivity index (χ0) is 14.6. The van der Waals surface area contributed by atoms with Crippen molar-refractivity contribution in [3.8, 4) is 0 Å². The van der Waals surface area contributed by atoms with E-state index in [2.05, 4.69) is 14.7 Å². The zero-order valence-corrected chi connectivity index (χ0v) is 11.6. The van der Waals surface area contributed by atoms with Crippen LogP contribution in [0, 0.1) is 0 Å². The molecule has 0 aliphatic heterocycles. The van der Waals surface area contributed by atoms with Crippen molar-refractivity contribution >= 4 is 21.7 Å². The highest BCUT2D eigenvalue weighted by molar-refractivity contribution is 7.92. The molecule has 20 heavy (non-hydrogen) atoms. The summed E-state index contributed by atoms with van der Waals surface area (Å²) < 4.78 is 31.5. The molecule has 0 amide bonds. The van der Waals surface area contributed by atoms with Gasteiger partial charge in [0, 0.05) is 19.0 Å². The van der Waals surface area contributed by atoms with E-state index in [1.54, 1.807) is 6.07 Å². The van der Waals surface area contributed by atoms with Gasteiger partial charge in [-0.3, -0.25) is 0 Å². The number of aromatic nitrogens is 2. The molecule has 2 rings (SSSR count). The summed E-state index contributed by atoms with van der Waals surface area (Å²) in [7, 11) is -2.21. The van der Waals surface area contributed by atoms with E-state index in [0.29, 0.717) is 11.4 Å². The number of sulfonamides is 1. The number of nitrogens with zero attached hydrogens (tertiary/aromatic N) is 2. The second-order valence-electron chi connectivity index (χ2n) is 3.98. The number of nitrogens with one attached hydrogen (secondary N) is 1. The summed E-state index contributed by atoms with van der Waals surface area (Å²) in [5.41, 5.74) is 6.59. The van der Waals surface area contributed by atoms with Gasteiger partial charge in [0.1, 0.15) is 0 Å². The number of nitrogens with two attached hydrogens (primary N) is 1. The number of anilines is 2. The molecule has 0 aliphatic carbocycles. The Kier molecular flexibility index (Phi) is 4.16. The predicted molar refractivity (Wildman–Crippen MR) is 74.4 cm³/mol. The van der Waals surface area contributed by atoms with Crippen LogP contribution in [-0.2, 0) is 21.4 Å². The number of nitrogen functional groups attached to an aromatic ring is 1. The van der Waals surface area contributed by atoms with Crippen LogP contribution < -0.4 is 10.5 Å². The second-order valence-corrected chi connectivity index (χ2v) is 5.66. The van der Waals surface area contributed by atoms with Gasteiger partial charge in [0.2, 0.25) is 5.95 Å². The zero-order valence-electron chi connectivity index (χ0n) is 10.8. The Bertz CT molecular complexity index is 686. The number of methoxy groups -OCH3 is 1. The van der Waals surface area contributed by atoms with Gasteiger partial charge in [-0.15, -0.1) is 0 Å². The maximum absolute atomic E-state index is 12.1. The molecule has 7 nitrogen and oxygen atoms in total. The summed E-state index contributed by atoms with van der Waals surface area (Å²) in [5, 5.41) is 0. The fourth-order valence-corrected chi connectivity index (χ4v) is 2.45. The fourth-order valence-electron chi connectivity index (χ4n) is 1.50. The van der Waals surface area contributed by atoms with Crippen LogP contribution in [0.5, 0.6) is 0 Å². The highest BCUT2D eigenvalue weighted by atomic mass is 32.2. The first-order valence-corrected chi connectivity index (χ1v) is 7.19. The topological polar surface area (TPSA) is 107 Å². The first-order valence-electron chi connectivity index (χ1n) is 5.70. The molecule has 0 bridgehead atoms. The van der Waals surface area contributed by atoms with Crippen LogP contribution in [0.25, 0.3) is 0 Å². The average Bonchev–Trinajstić information content (AvgIpc) is 2.39. The van der Waals surface area contributed by atoms with Crippen LogP contribution in [0.3, 0.4) is 0 Å². The van der Waals surface area contributed by atoms with E-state index in [4.69, 9.17) is 10.5 Å². The largest absolute Gasteiger partial charge is 0.399 e. The van der Waals surface area contributed by atoms with E-state index < -0.39 is 10.0 Å². The Labute approximate surface area is 116 Å². The van der Waals surface area contributed by atoms with Gasteiger partial charge in [-0.1, -0.05) is 0 Å². The van der Waals surface area contributed by atoms with Crippen LogP contribution in [-0.4, -0.2) is 25.5 Å². The summed E-state index contributed by atoms with van der Waals surface area (Å²) in [6.45, 7) is 0.277. The molecule has 0 unspecified atom stereocenters. The number of hydrogen-bond donors (Lipinski definition) is 2. The summed E-state index contributed by atoms with van der Waals surface area (Å²) in [4.78, 5) is 8.00. The van der Waals surface area contributed by atoms with Crippen molar-refractivity contribution in [2.24, 2.45) is 0 Å². The monoisotopic (exact) mass is 294 g/mol. The molecule has 2 aromatic rings. The highest BCUT2D eigenvalue weighted by Crippen LogP contribution is 2.14. The van der Waals surface area contributed by atoms with E-state index in [-0.39, 0.29) is 17.5 Å². The molecule has 0 fully saturated rings. The molecule has 0 saturated carbocycles. The summed E-state index contributed by atoms with van der Waals surface area (Å²) in [6.07, 6.45) is 1.46. The number of rotatable bonds is 5. The van der Waals surface area contributed by atoms with Gasteiger partial charge in [-0.05, 0) is 30.3 Å². The Morgan fingerprint density at radius 3 is 2.60 bits per heavy atom. The molecule has 0 aliphatic rings. The van der Waals surface area contributed by atoms with Gasteiger partial charge in [-0.25, -0.2) is 23.1 Å². The Balaban J connectivity index is 2.24. The van der Waals surface area contributed by atoms with Crippen molar-refractivity contribution < 1.29 is 13.2 Å². The first kappa shape index (κ1) is 14.2. The molecule has 3 N–H and O–H groups in total. The minimum Gasteiger partial charge on any atom is -0.399 e. The van der Waals surface area contributed by atoms with Crippen molar-refractivity contribution in [1.29, 1.82) is 0 Å². The van der Waals surface area contributed by atoms with E-state index in [0.717, 1.165) is 0 Å². The van der Waals surface area contributed by atoms with Gasteiger partial charge in [0.15, 0.2) is 0 Å². The predicted octanol–water partition coefficient (Wildman–Crippen LogP) is 1.01. The average molecular weight is 294 g/mol. The highest BCUT2D eigenvalue weighted by Gasteiger charge is 2.15. The van der Waals surface area contributed by atoms with E-state index in [1.165, 1.54) is 37.6 Å². The van der Waals surface area contributed by atoms with Gasteiger partial charge in [0.05, 0.1) is 17.2 Å². The maximum Gasteiger partial charge on any atom is 0.264 e. The molecule has 0 atom stereocenters. The Morgan fingerprint density at radius 2 is 1.95 bits per heavy atom. The van der Waals surface area contributed by atoms with Crippen molar-refractivity contribution in [3.63, 3.8) is 0 Å². The molecule has 8 heteroatoms. The van der Waals surface area contributed by atoms with Gasteiger partial charge < -0.3 is 10.5 Å². The lowest BCUT2D eigenvalue weighted by atomic mass is 10.3. The standard InChI is InChI=1S/C12H14N4O3S/c1-19-8-10-6-7-14-12(15-10)16-20(17,18)11-4-2-9(13)3-5-11/h2-7H,8,13H2,1H3,(H,14,15,16). The lowest BCUT2D eigenvalue weighted by Crippen LogP contribution is -2.15. The third-order valence-corrected chi connectivity index (χ3v) is 3.77. The first-order chi connectivity index (χ1) is 9.51. The van der Waals surface area contributed by atoms with Gasteiger partial charge in [0.25, 0.3) is 10.0 Å². The number of hydrogen-bond acceptors (Lipinski definition) is 6. The van der Waals surface area contributed by atoms with Crippen LogP contribution in [0.2, 0.25) is 0 Å². The summed E-state index contributed by atoms with van der Waals surface area (Å²) in [5.74, 6) is -0.00336. The number of benzene rings is 1. The molecule has 0 spiro atoms. The van der Waals surface area contributed by atoms with Gasteiger partial charge >= 0.3 is 0 Å². The quantitative estimate of drug-likeness (QED) is 0.797. The fraction of sp³-hybridized carbons (Fsp3) is 0.167. The number of ether oxygens (including phenoxy) is 1. The van der Waals surface area contributed by atoms with Crippen LogP contribution in [0.4, 0.5) is 11.6 Å². The third-order valence-electron chi connectivity index (χ3n) is 2.42.